The Morgan fingerprint density at radius 2 is 1.05 bits per heavy atom. The van der Waals surface area contributed by atoms with Crippen LogP contribution in [-0.2, 0) is 0 Å². The number of benzene rings is 3. The highest BCUT2D eigenvalue weighted by Gasteiger charge is 2.34. The Hall–Kier alpha value is -4.28. The molecule has 0 aliphatic carbocycles. The van der Waals surface area contributed by atoms with Gasteiger partial charge in [0, 0.05) is 73.5 Å². The first-order valence-corrected chi connectivity index (χ1v) is 11.9. The van der Waals surface area contributed by atoms with Crippen molar-refractivity contribution in [1.29, 1.82) is 0 Å². The van der Waals surface area contributed by atoms with Gasteiger partial charge >= 0.3 is 0 Å². The summed E-state index contributed by atoms with van der Waals surface area (Å²) >= 11 is 0. The molecule has 0 spiro atoms. The quantitative estimate of drug-likeness (QED) is 0.242. The van der Waals surface area contributed by atoms with E-state index in [0.717, 1.165) is 13.1 Å². The average Bonchev–Trinajstić information content (AvgIpc) is 3.24. The number of hydrogen-bond acceptors (Lipinski definition) is 10. The Morgan fingerprint density at radius 3 is 1.49 bits per heavy atom. The molecule has 3 aromatic carbocycles. The van der Waals surface area contributed by atoms with E-state index in [1.54, 1.807) is 36.7 Å². The summed E-state index contributed by atoms with van der Waals surface area (Å²) < 4.78 is 0. The molecule has 0 unspecified atom stereocenters. The molecule has 0 amide bonds. The lowest BCUT2D eigenvalue weighted by Crippen LogP contribution is -2.33. The SMILES string of the molecule is Oc1ccc(C=NCCN2CCN(CCN=Cc3ccc(O)cc3O)C2c2ccc(O)cc2O)c(O)c1. The van der Waals surface area contributed by atoms with Crippen molar-refractivity contribution in [2.24, 2.45) is 9.98 Å². The van der Waals surface area contributed by atoms with Crippen LogP contribution in [0.2, 0.25) is 0 Å². The van der Waals surface area contributed by atoms with Crippen LogP contribution in [0, 0.1) is 0 Å². The third-order valence-corrected chi connectivity index (χ3v) is 6.18. The number of nitrogens with zero attached hydrogens (tertiary/aromatic N) is 4. The molecule has 37 heavy (non-hydrogen) atoms. The van der Waals surface area contributed by atoms with Crippen LogP contribution < -0.4 is 0 Å². The summed E-state index contributed by atoms with van der Waals surface area (Å²) in [5.74, 6) is -0.167. The lowest BCUT2D eigenvalue weighted by Gasteiger charge is -2.30. The minimum atomic E-state index is -0.254. The highest BCUT2D eigenvalue weighted by Crippen LogP contribution is 2.36. The second-order valence-corrected chi connectivity index (χ2v) is 8.75. The van der Waals surface area contributed by atoms with Crippen molar-refractivity contribution < 1.29 is 30.6 Å². The zero-order chi connectivity index (χ0) is 26.4. The molecule has 1 heterocycles. The van der Waals surface area contributed by atoms with E-state index in [9.17, 15) is 30.6 Å². The number of phenolic OH excluding ortho intramolecular Hbond substituents is 6. The van der Waals surface area contributed by atoms with Gasteiger partial charge in [-0.25, -0.2) is 0 Å². The maximum absolute atomic E-state index is 10.6. The summed E-state index contributed by atoms with van der Waals surface area (Å²) in [5, 5.41) is 59.0. The van der Waals surface area contributed by atoms with Crippen molar-refractivity contribution in [1.82, 2.24) is 9.80 Å². The largest absolute Gasteiger partial charge is 0.508 e. The smallest absolute Gasteiger partial charge is 0.128 e. The third-order valence-electron chi connectivity index (χ3n) is 6.18. The highest BCUT2D eigenvalue weighted by molar-refractivity contribution is 5.84. The summed E-state index contributed by atoms with van der Waals surface area (Å²) in [7, 11) is 0. The van der Waals surface area contributed by atoms with Gasteiger partial charge in [0.25, 0.3) is 0 Å². The van der Waals surface area contributed by atoms with Crippen LogP contribution in [-0.4, -0.2) is 92.1 Å². The highest BCUT2D eigenvalue weighted by atomic mass is 16.3. The number of hydrogen-bond donors (Lipinski definition) is 6. The van der Waals surface area contributed by atoms with Crippen molar-refractivity contribution >= 4 is 12.4 Å². The van der Waals surface area contributed by atoms with Crippen LogP contribution in [0.5, 0.6) is 34.5 Å². The minimum absolute atomic E-state index is 0.00284. The Balaban J connectivity index is 1.43. The molecule has 1 fully saturated rings. The van der Waals surface area contributed by atoms with Gasteiger partial charge in [-0.3, -0.25) is 19.8 Å². The topological polar surface area (TPSA) is 153 Å². The maximum Gasteiger partial charge on any atom is 0.128 e. The van der Waals surface area contributed by atoms with E-state index >= 15 is 0 Å². The molecule has 1 aliphatic rings. The van der Waals surface area contributed by atoms with E-state index in [-0.39, 0.29) is 40.7 Å². The standard InChI is InChI=1S/C27H30N4O6/c32-20-3-1-18(24(35)13-20)16-28-7-9-30-11-12-31(27(30)23-6-5-22(34)15-26(23)37)10-8-29-17-19-2-4-21(33)14-25(19)36/h1-6,13-17,27,32-37H,7-12H2. The van der Waals surface area contributed by atoms with Gasteiger partial charge in [-0.05, 0) is 36.4 Å². The molecule has 10 heteroatoms. The zero-order valence-corrected chi connectivity index (χ0v) is 20.1. The molecular weight excluding hydrogens is 476 g/mol. The lowest BCUT2D eigenvalue weighted by atomic mass is 10.1. The summed E-state index contributed by atoms with van der Waals surface area (Å²) in [4.78, 5) is 13.2. The van der Waals surface area contributed by atoms with Crippen LogP contribution in [0.1, 0.15) is 22.9 Å². The molecular formula is C27H30N4O6. The lowest BCUT2D eigenvalue weighted by molar-refractivity contribution is 0.140. The molecule has 0 bridgehead atoms. The average molecular weight is 507 g/mol. The van der Waals surface area contributed by atoms with Crippen molar-refractivity contribution in [2.75, 3.05) is 39.3 Å². The molecule has 0 radical (unpaired) electrons. The van der Waals surface area contributed by atoms with E-state index in [1.807, 2.05) is 0 Å². The number of rotatable bonds is 9. The second kappa shape index (κ2) is 11.6. The fourth-order valence-corrected chi connectivity index (χ4v) is 4.32. The van der Waals surface area contributed by atoms with Crippen molar-refractivity contribution in [3.8, 4) is 34.5 Å². The van der Waals surface area contributed by atoms with Crippen LogP contribution in [0.4, 0.5) is 0 Å². The number of phenols is 6. The molecule has 194 valence electrons. The van der Waals surface area contributed by atoms with E-state index in [2.05, 4.69) is 19.8 Å². The molecule has 0 saturated carbocycles. The van der Waals surface area contributed by atoms with Gasteiger partial charge in [0.1, 0.15) is 34.5 Å². The van der Waals surface area contributed by atoms with Crippen molar-refractivity contribution in [2.45, 2.75) is 6.17 Å². The molecule has 1 saturated heterocycles. The fraction of sp³-hybridized carbons (Fsp3) is 0.259. The van der Waals surface area contributed by atoms with Crippen molar-refractivity contribution in [3.05, 3.63) is 71.3 Å². The summed E-state index contributed by atoms with van der Waals surface area (Å²) in [5.41, 5.74) is 1.67. The van der Waals surface area contributed by atoms with Gasteiger partial charge < -0.3 is 30.6 Å². The first-order valence-electron chi connectivity index (χ1n) is 11.9. The molecule has 3 aromatic rings. The van der Waals surface area contributed by atoms with Gasteiger partial charge in [-0.1, -0.05) is 0 Å². The molecule has 0 atom stereocenters. The monoisotopic (exact) mass is 506 g/mol. The van der Waals surface area contributed by atoms with Crippen LogP contribution in [0.15, 0.2) is 64.6 Å². The van der Waals surface area contributed by atoms with Crippen LogP contribution in [0.25, 0.3) is 0 Å². The predicted octanol–water partition coefficient (Wildman–Crippen LogP) is 2.77. The maximum atomic E-state index is 10.6. The Kier molecular flexibility index (Phi) is 8.11. The molecule has 10 nitrogen and oxygen atoms in total. The van der Waals surface area contributed by atoms with Gasteiger partial charge in [0.05, 0.1) is 19.3 Å². The normalized spacial score (nSPS) is 16.8. The molecule has 0 aromatic heterocycles. The van der Waals surface area contributed by atoms with E-state index in [0.29, 0.717) is 42.9 Å². The van der Waals surface area contributed by atoms with E-state index in [1.165, 1.54) is 30.3 Å². The first kappa shape index (κ1) is 25.8. The zero-order valence-electron chi connectivity index (χ0n) is 20.1. The molecule has 1 aliphatic heterocycles. The number of aromatic hydroxyl groups is 6. The van der Waals surface area contributed by atoms with Crippen LogP contribution in [0.3, 0.4) is 0 Å². The fourth-order valence-electron chi connectivity index (χ4n) is 4.32. The summed E-state index contributed by atoms with van der Waals surface area (Å²) in [6.07, 6.45) is 2.86. The van der Waals surface area contributed by atoms with Gasteiger partial charge in [0.15, 0.2) is 0 Å². The van der Waals surface area contributed by atoms with Crippen molar-refractivity contribution in [3.63, 3.8) is 0 Å². The van der Waals surface area contributed by atoms with E-state index < -0.39 is 0 Å². The first-order chi connectivity index (χ1) is 17.8. The number of aliphatic imine (C=N–C) groups is 2. The Morgan fingerprint density at radius 1 is 0.622 bits per heavy atom. The third kappa shape index (κ3) is 6.49. The molecule has 6 N–H and O–H groups in total. The van der Waals surface area contributed by atoms with Gasteiger partial charge in [-0.15, -0.1) is 0 Å². The van der Waals surface area contributed by atoms with E-state index in [4.69, 9.17) is 0 Å². The van der Waals surface area contributed by atoms with Crippen LogP contribution >= 0.6 is 0 Å². The second-order valence-electron chi connectivity index (χ2n) is 8.75. The van der Waals surface area contributed by atoms with Gasteiger partial charge in [0.2, 0.25) is 0 Å². The Labute approximate surface area is 214 Å². The minimum Gasteiger partial charge on any atom is -0.508 e. The Bertz CT molecular complexity index is 1220. The summed E-state index contributed by atoms with van der Waals surface area (Å²) in [6.45, 7) is 3.52. The predicted molar refractivity (Wildman–Crippen MR) is 140 cm³/mol. The molecule has 4 rings (SSSR count). The van der Waals surface area contributed by atoms with Gasteiger partial charge in [-0.2, -0.15) is 0 Å². The summed E-state index contributed by atoms with van der Waals surface area (Å²) in [6, 6.07) is 13.2.